The molecule has 0 atom stereocenters. The van der Waals surface area contributed by atoms with E-state index in [0.29, 0.717) is 24.3 Å². The van der Waals surface area contributed by atoms with E-state index in [1.165, 1.54) is 5.56 Å². The van der Waals surface area contributed by atoms with Gasteiger partial charge in [0.1, 0.15) is 28.6 Å². The zero-order chi connectivity index (χ0) is 34.3. The van der Waals surface area contributed by atoms with Gasteiger partial charge in [-0.15, -0.1) is 0 Å². The fourth-order valence-electron chi connectivity index (χ4n) is 6.51. The molecule has 4 aromatic rings. The predicted molar refractivity (Wildman–Crippen MR) is 187 cm³/mol. The van der Waals surface area contributed by atoms with Gasteiger partial charge in [0.15, 0.2) is 0 Å². The minimum Gasteiger partial charge on any atom is -0.438 e. The van der Waals surface area contributed by atoms with Crippen LogP contribution in [0.3, 0.4) is 0 Å². The molecule has 3 heterocycles. The van der Waals surface area contributed by atoms with Crippen molar-refractivity contribution >= 4 is 11.8 Å². The third kappa shape index (κ3) is 9.10. The second kappa shape index (κ2) is 15.7. The molecule has 1 aliphatic carbocycles. The normalized spacial score (nSPS) is 17.5. The van der Waals surface area contributed by atoms with E-state index < -0.39 is 11.7 Å². The summed E-state index contributed by atoms with van der Waals surface area (Å²) in [4.78, 5) is 39.4. The van der Waals surface area contributed by atoms with Crippen LogP contribution in [0.1, 0.15) is 70.8 Å². The van der Waals surface area contributed by atoms with Crippen molar-refractivity contribution in [3.05, 3.63) is 95.5 Å². The number of hydrogen-bond acceptors (Lipinski definition) is 7. The number of aromatic nitrogens is 3. The Bertz CT molecular complexity index is 1720. The van der Waals surface area contributed by atoms with E-state index in [-0.39, 0.29) is 29.4 Å². The molecule has 1 saturated carbocycles. The Morgan fingerprint density at radius 2 is 1.65 bits per heavy atom. The standard InChI is InChI=1S/C38H46FN7O3/c1-44(2)19-20-45(3)24-26-10-12-27(13-11-26)28-7-6-8-32(21-28)49-38-33(22-29(39)23-40-38)36(47)41-30-14-16-31(17-15-30)42-37(48)34-25-46-18-5-4-9-35(46)43-34/h6-8,10-13,21-23,25,30-31H,4-5,9,14-20,24H2,1-3H3,(H,41,47)(H,42,48)/t30-,31-. The number of likely N-dealkylation sites (N-methyl/N-ethyl adjacent to an activating group) is 2. The number of rotatable bonds is 12. The molecule has 2 aromatic heterocycles. The number of amides is 2. The number of halogens is 1. The van der Waals surface area contributed by atoms with Crippen LogP contribution in [0.4, 0.5) is 4.39 Å². The van der Waals surface area contributed by atoms with Crippen LogP contribution < -0.4 is 15.4 Å². The summed E-state index contributed by atoms with van der Waals surface area (Å²) in [5, 5.41) is 6.15. The van der Waals surface area contributed by atoms with Gasteiger partial charge in [0.2, 0.25) is 5.88 Å². The molecular weight excluding hydrogens is 621 g/mol. The first-order valence-electron chi connectivity index (χ1n) is 17.2. The van der Waals surface area contributed by atoms with E-state index in [2.05, 4.69) is 80.4 Å². The second-order valence-corrected chi connectivity index (χ2v) is 13.6. The van der Waals surface area contributed by atoms with E-state index >= 15 is 0 Å². The number of nitrogens with one attached hydrogen (secondary N) is 2. The van der Waals surface area contributed by atoms with E-state index in [0.717, 1.165) is 87.5 Å². The zero-order valence-electron chi connectivity index (χ0n) is 28.6. The minimum absolute atomic E-state index is 0.00649. The average Bonchev–Trinajstić information content (AvgIpc) is 3.54. The number of pyridine rings is 1. The van der Waals surface area contributed by atoms with Gasteiger partial charge >= 0.3 is 0 Å². The first-order valence-corrected chi connectivity index (χ1v) is 17.2. The lowest BCUT2D eigenvalue weighted by molar-refractivity contribution is 0.0887. The molecule has 0 radical (unpaired) electrons. The molecule has 6 rings (SSSR count). The monoisotopic (exact) mass is 667 g/mol. The van der Waals surface area contributed by atoms with Crippen molar-refractivity contribution in [2.75, 3.05) is 34.2 Å². The lowest BCUT2D eigenvalue weighted by atomic mass is 9.91. The summed E-state index contributed by atoms with van der Waals surface area (Å²) in [6.45, 7) is 3.76. The molecule has 1 aliphatic heterocycles. The summed E-state index contributed by atoms with van der Waals surface area (Å²) in [7, 11) is 6.28. The van der Waals surface area contributed by atoms with Gasteiger partial charge in [-0.05, 0) is 94.6 Å². The van der Waals surface area contributed by atoms with E-state index in [9.17, 15) is 14.0 Å². The third-order valence-electron chi connectivity index (χ3n) is 9.32. The quantitative estimate of drug-likeness (QED) is 0.201. The molecule has 0 saturated heterocycles. The van der Waals surface area contributed by atoms with Crippen LogP contribution in [0.25, 0.3) is 11.1 Å². The summed E-state index contributed by atoms with van der Waals surface area (Å²) in [5.74, 6) is 0.295. The predicted octanol–water partition coefficient (Wildman–Crippen LogP) is 5.68. The number of imidazole rings is 1. The summed E-state index contributed by atoms with van der Waals surface area (Å²) < 4.78 is 22.5. The summed E-state index contributed by atoms with van der Waals surface area (Å²) >= 11 is 0. The molecule has 2 aromatic carbocycles. The van der Waals surface area contributed by atoms with Crippen molar-refractivity contribution in [3.63, 3.8) is 0 Å². The van der Waals surface area contributed by atoms with Crippen LogP contribution >= 0.6 is 0 Å². The molecule has 49 heavy (non-hydrogen) atoms. The highest BCUT2D eigenvalue weighted by Gasteiger charge is 2.27. The topological polar surface area (TPSA) is 105 Å². The molecule has 10 nitrogen and oxygen atoms in total. The van der Waals surface area contributed by atoms with Gasteiger partial charge in [-0.1, -0.05) is 36.4 Å². The largest absolute Gasteiger partial charge is 0.438 e. The molecule has 1 fully saturated rings. The zero-order valence-corrected chi connectivity index (χ0v) is 28.6. The van der Waals surface area contributed by atoms with Crippen molar-refractivity contribution in [1.82, 2.24) is 35.0 Å². The number of ether oxygens (including phenoxy) is 1. The minimum atomic E-state index is -0.619. The Morgan fingerprint density at radius 3 is 2.37 bits per heavy atom. The summed E-state index contributed by atoms with van der Waals surface area (Å²) in [5.41, 5.74) is 3.72. The van der Waals surface area contributed by atoms with Crippen LogP contribution in [-0.2, 0) is 19.5 Å². The molecule has 2 amide bonds. The van der Waals surface area contributed by atoms with Crippen LogP contribution in [0.2, 0.25) is 0 Å². The number of carbonyl (C=O) groups is 2. The van der Waals surface area contributed by atoms with Crippen molar-refractivity contribution in [2.45, 2.75) is 70.1 Å². The van der Waals surface area contributed by atoms with Crippen LogP contribution in [0.5, 0.6) is 11.6 Å². The molecule has 11 heteroatoms. The summed E-state index contributed by atoms with van der Waals surface area (Å²) in [6.07, 6.45) is 8.82. The highest BCUT2D eigenvalue weighted by atomic mass is 19.1. The maximum absolute atomic E-state index is 14.3. The lowest BCUT2D eigenvalue weighted by Gasteiger charge is -2.29. The molecule has 0 unspecified atom stereocenters. The highest BCUT2D eigenvalue weighted by Crippen LogP contribution is 2.29. The molecule has 2 aliphatic rings. The van der Waals surface area contributed by atoms with Gasteiger partial charge in [-0.3, -0.25) is 9.59 Å². The van der Waals surface area contributed by atoms with E-state index in [1.54, 1.807) is 6.07 Å². The van der Waals surface area contributed by atoms with Crippen LogP contribution in [-0.4, -0.2) is 82.5 Å². The Kier molecular flexibility index (Phi) is 11.0. The number of benzene rings is 2. The average molecular weight is 668 g/mol. The highest BCUT2D eigenvalue weighted by molar-refractivity contribution is 5.96. The first kappa shape index (κ1) is 34.3. The summed E-state index contributed by atoms with van der Waals surface area (Å²) in [6, 6.07) is 17.1. The fraction of sp³-hybridized carbons (Fsp3) is 0.421. The van der Waals surface area contributed by atoms with Gasteiger partial charge in [0.25, 0.3) is 11.8 Å². The number of nitrogens with zero attached hydrogens (tertiary/aromatic N) is 5. The number of hydrogen-bond donors (Lipinski definition) is 2. The Morgan fingerprint density at radius 1 is 0.918 bits per heavy atom. The maximum Gasteiger partial charge on any atom is 0.271 e. The van der Waals surface area contributed by atoms with Gasteiger partial charge < -0.3 is 29.7 Å². The van der Waals surface area contributed by atoms with Crippen molar-refractivity contribution < 1.29 is 18.7 Å². The first-order chi connectivity index (χ1) is 23.7. The van der Waals surface area contributed by atoms with Gasteiger partial charge in [0.05, 0.1) is 6.20 Å². The SMILES string of the molecule is CN(C)CCN(C)Cc1ccc(-c2cccc(Oc3ncc(F)cc3C(=O)N[C@H]3CC[C@H](NC(=O)c4cn5c(n4)CCCC5)CC3)c2)cc1. The van der Waals surface area contributed by atoms with Gasteiger partial charge in [-0.25, -0.2) is 14.4 Å². The number of fused-ring (bicyclic) bond motifs is 1. The van der Waals surface area contributed by atoms with Crippen molar-refractivity contribution in [2.24, 2.45) is 0 Å². The smallest absolute Gasteiger partial charge is 0.271 e. The molecule has 0 spiro atoms. The van der Waals surface area contributed by atoms with Gasteiger partial charge in [0, 0.05) is 50.9 Å². The molecule has 0 bridgehead atoms. The maximum atomic E-state index is 14.3. The second-order valence-electron chi connectivity index (χ2n) is 13.6. The van der Waals surface area contributed by atoms with Crippen LogP contribution in [0, 0.1) is 5.82 Å². The molecule has 2 N–H and O–H groups in total. The lowest BCUT2D eigenvalue weighted by Crippen LogP contribution is -2.44. The van der Waals surface area contributed by atoms with Gasteiger partial charge in [-0.2, -0.15) is 0 Å². The van der Waals surface area contributed by atoms with Crippen LogP contribution in [0.15, 0.2) is 67.0 Å². The third-order valence-corrected chi connectivity index (χ3v) is 9.32. The molecule has 258 valence electrons. The fourth-order valence-corrected chi connectivity index (χ4v) is 6.51. The van der Waals surface area contributed by atoms with Crippen molar-refractivity contribution in [3.8, 4) is 22.8 Å². The number of aryl methyl sites for hydroxylation is 2. The van der Waals surface area contributed by atoms with E-state index in [4.69, 9.17) is 4.74 Å². The van der Waals surface area contributed by atoms with E-state index in [1.807, 2.05) is 24.4 Å². The van der Waals surface area contributed by atoms with Crippen molar-refractivity contribution in [1.29, 1.82) is 0 Å². The Labute approximate surface area is 287 Å². The Balaban J connectivity index is 1.04. The number of carbonyl (C=O) groups excluding carboxylic acids is 2. The Hall–Kier alpha value is -4.61. The molecular formula is C38H46FN7O3.